The highest BCUT2D eigenvalue weighted by molar-refractivity contribution is 7.13. The molecular weight excluding hydrogens is 406 g/mol. The molecule has 31 heavy (non-hydrogen) atoms. The van der Waals surface area contributed by atoms with Crippen LogP contribution in [0.1, 0.15) is 18.9 Å². The van der Waals surface area contributed by atoms with Gasteiger partial charge in [-0.3, -0.25) is 9.78 Å². The van der Waals surface area contributed by atoms with Crippen molar-refractivity contribution in [1.82, 2.24) is 9.97 Å². The second-order valence-electron chi connectivity index (χ2n) is 7.09. The maximum Gasteiger partial charge on any atom is 0.262 e. The quantitative estimate of drug-likeness (QED) is 0.382. The number of amides is 1. The van der Waals surface area contributed by atoms with Gasteiger partial charge in [-0.25, -0.2) is 4.98 Å². The van der Waals surface area contributed by atoms with Crippen LogP contribution in [-0.4, -0.2) is 22.5 Å². The van der Waals surface area contributed by atoms with Crippen LogP contribution < -0.4 is 10.1 Å². The maximum absolute atomic E-state index is 12.3. The van der Waals surface area contributed by atoms with E-state index in [0.717, 1.165) is 34.7 Å². The van der Waals surface area contributed by atoms with Gasteiger partial charge in [0, 0.05) is 34.6 Å². The first kappa shape index (κ1) is 20.8. The third-order valence-corrected chi connectivity index (χ3v) is 5.58. The van der Waals surface area contributed by atoms with Gasteiger partial charge in [0.1, 0.15) is 10.8 Å². The highest BCUT2D eigenvalue weighted by Crippen LogP contribution is 2.29. The fourth-order valence-electron chi connectivity index (χ4n) is 3.17. The molecule has 0 fully saturated rings. The topological polar surface area (TPSA) is 64.1 Å². The number of anilines is 1. The van der Waals surface area contributed by atoms with Gasteiger partial charge in [-0.15, -0.1) is 11.3 Å². The Labute approximate surface area is 185 Å². The number of carbonyl (C=O) groups is 1. The van der Waals surface area contributed by atoms with Crippen LogP contribution in [0.2, 0.25) is 0 Å². The minimum absolute atomic E-state index is 0.0425. The average molecular weight is 430 g/mol. The molecule has 2 aromatic carbocycles. The van der Waals surface area contributed by atoms with Gasteiger partial charge < -0.3 is 10.1 Å². The van der Waals surface area contributed by atoms with E-state index >= 15 is 0 Å². The summed E-state index contributed by atoms with van der Waals surface area (Å²) in [5.74, 6) is 0.485. The van der Waals surface area contributed by atoms with Crippen LogP contribution in [0.15, 0.2) is 78.4 Å². The third kappa shape index (κ3) is 5.55. The van der Waals surface area contributed by atoms with Crippen molar-refractivity contribution in [1.29, 1.82) is 0 Å². The van der Waals surface area contributed by atoms with E-state index in [0.29, 0.717) is 11.4 Å². The summed E-state index contributed by atoms with van der Waals surface area (Å²) >= 11 is 1.57. The summed E-state index contributed by atoms with van der Waals surface area (Å²) in [4.78, 5) is 21.2. The lowest BCUT2D eigenvalue weighted by Gasteiger charge is -2.09. The number of aryl methyl sites for hydroxylation is 1. The van der Waals surface area contributed by atoms with E-state index in [1.165, 1.54) is 5.56 Å². The van der Waals surface area contributed by atoms with Crippen molar-refractivity contribution in [3.05, 3.63) is 84.0 Å². The van der Waals surface area contributed by atoms with Gasteiger partial charge in [-0.2, -0.15) is 0 Å². The Morgan fingerprint density at radius 3 is 2.68 bits per heavy atom. The molecule has 4 rings (SSSR count). The third-order valence-electron chi connectivity index (χ3n) is 4.69. The number of pyridine rings is 1. The van der Waals surface area contributed by atoms with E-state index < -0.39 is 0 Å². The first-order valence-corrected chi connectivity index (χ1v) is 11.1. The molecule has 4 aromatic rings. The van der Waals surface area contributed by atoms with E-state index in [1.54, 1.807) is 23.7 Å². The van der Waals surface area contributed by atoms with Gasteiger partial charge in [0.15, 0.2) is 6.61 Å². The fourth-order valence-corrected chi connectivity index (χ4v) is 3.99. The van der Waals surface area contributed by atoms with E-state index in [1.807, 2.05) is 66.0 Å². The van der Waals surface area contributed by atoms with Crippen molar-refractivity contribution in [3.63, 3.8) is 0 Å². The zero-order valence-corrected chi connectivity index (χ0v) is 18.1. The molecule has 5 nitrogen and oxygen atoms in total. The number of hydrogen-bond donors (Lipinski definition) is 1. The molecule has 0 unspecified atom stereocenters. The Morgan fingerprint density at radius 1 is 1.06 bits per heavy atom. The van der Waals surface area contributed by atoms with Crippen LogP contribution in [0.25, 0.3) is 21.8 Å². The van der Waals surface area contributed by atoms with Crippen molar-refractivity contribution in [2.75, 3.05) is 11.9 Å². The van der Waals surface area contributed by atoms with Gasteiger partial charge >= 0.3 is 0 Å². The van der Waals surface area contributed by atoms with E-state index in [9.17, 15) is 4.79 Å². The second-order valence-corrected chi connectivity index (χ2v) is 7.95. The van der Waals surface area contributed by atoms with Gasteiger partial charge in [0.2, 0.25) is 0 Å². The molecule has 0 aliphatic rings. The summed E-state index contributed by atoms with van der Waals surface area (Å²) in [5, 5.41) is 5.82. The Hall–Kier alpha value is -3.51. The lowest BCUT2D eigenvalue weighted by Crippen LogP contribution is -2.20. The number of rotatable bonds is 8. The van der Waals surface area contributed by atoms with E-state index in [2.05, 4.69) is 17.2 Å². The molecule has 0 saturated carbocycles. The second kappa shape index (κ2) is 10.00. The smallest absolute Gasteiger partial charge is 0.262 e. The summed E-state index contributed by atoms with van der Waals surface area (Å²) < 4.78 is 5.61. The van der Waals surface area contributed by atoms with Crippen LogP contribution in [0.4, 0.5) is 5.69 Å². The molecule has 0 saturated heterocycles. The Bertz CT molecular complexity index is 1140. The zero-order chi connectivity index (χ0) is 21.5. The predicted molar refractivity (Wildman–Crippen MR) is 125 cm³/mol. The molecule has 156 valence electrons. The molecule has 0 spiro atoms. The number of aromatic nitrogens is 2. The summed E-state index contributed by atoms with van der Waals surface area (Å²) in [6, 6.07) is 19.4. The highest BCUT2D eigenvalue weighted by Gasteiger charge is 2.09. The van der Waals surface area contributed by atoms with Crippen molar-refractivity contribution in [2.24, 2.45) is 0 Å². The molecule has 0 aliphatic heterocycles. The lowest BCUT2D eigenvalue weighted by atomic mass is 10.1. The normalized spacial score (nSPS) is 10.6. The molecular formula is C25H23N3O2S. The number of hydrogen-bond acceptors (Lipinski definition) is 5. The number of thiazole rings is 1. The number of ether oxygens (including phenoxy) is 1. The summed E-state index contributed by atoms with van der Waals surface area (Å²) in [5.41, 5.74) is 4.77. The Balaban J connectivity index is 1.37. The van der Waals surface area contributed by atoms with Gasteiger partial charge in [-0.05, 0) is 48.4 Å². The average Bonchev–Trinajstić information content (AvgIpc) is 3.30. The van der Waals surface area contributed by atoms with E-state index in [4.69, 9.17) is 9.72 Å². The van der Waals surface area contributed by atoms with Crippen molar-refractivity contribution in [2.45, 2.75) is 19.8 Å². The summed E-state index contributed by atoms with van der Waals surface area (Å²) in [6.45, 7) is 2.11. The molecule has 2 aromatic heterocycles. The molecule has 0 atom stereocenters. The molecule has 1 amide bonds. The number of nitrogens with zero attached hydrogens (tertiary/aromatic N) is 2. The summed E-state index contributed by atoms with van der Waals surface area (Å²) in [6.07, 6.45) is 5.69. The van der Waals surface area contributed by atoms with Crippen molar-refractivity contribution >= 4 is 22.9 Å². The Morgan fingerprint density at radius 2 is 1.90 bits per heavy atom. The zero-order valence-electron chi connectivity index (χ0n) is 17.2. The SMILES string of the molecule is CCCc1ccc(OCC(=O)Nc2cccc(-c3csc(-c4cccnc4)n3)c2)cc1. The number of carbonyl (C=O) groups excluding carboxylic acids is 1. The van der Waals surface area contributed by atoms with Crippen LogP contribution in [0.3, 0.4) is 0 Å². The van der Waals surface area contributed by atoms with Crippen LogP contribution >= 0.6 is 11.3 Å². The van der Waals surface area contributed by atoms with Gasteiger partial charge in [0.05, 0.1) is 5.69 Å². The molecule has 1 N–H and O–H groups in total. The fraction of sp³-hybridized carbons (Fsp3) is 0.160. The Kier molecular flexibility index (Phi) is 6.69. The minimum atomic E-state index is -0.205. The largest absolute Gasteiger partial charge is 0.484 e. The van der Waals surface area contributed by atoms with Crippen LogP contribution in [-0.2, 0) is 11.2 Å². The van der Waals surface area contributed by atoms with Crippen LogP contribution in [0.5, 0.6) is 5.75 Å². The molecule has 0 aliphatic carbocycles. The predicted octanol–water partition coefficient (Wildman–Crippen LogP) is 5.84. The standard InChI is InChI=1S/C25H23N3O2S/c1-2-5-18-9-11-22(12-10-18)30-16-24(29)27-21-8-3-6-19(14-21)23-17-31-25(28-23)20-7-4-13-26-15-20/h3-4,6-15,17H,2,5,16H2,1H3,(H,27,29). The van der Waals surface area contributed by atoms with Crippen LogP contribution in [0, 0.1) is 0 Å². The van der Waals surface area contributed by atoms with E-state index in [-0.39, 0.29) is 12.5 Å². The number of nitrogens with one attached hydrogen (secondary N) is 1. The molecule has 2 heterocycles. The van der Waals surface area contributed by atoms with Gasteiger partial charge in [0.25, 0.3) is 5.91 Å². The first-order chi connectivity index (χ1) is 15.2. The molecule has 0 bridgehead atoms. The number of benzene rings is 2. The van der Waals surface area contributed by atoms with Gasteiger partial charge in [-0.1, -0.05) is 37.6 Å². The van der Waals surface area contributed by atoms with Crippen molar-refractivity contribution in [3.8, 4) is 27.6 Å². The van der Waals surface area contributed by atoms with Crippen molar-refractivity contribution < 1.29 is 9.53 Å². The molecule has 6 heteroatoms. The highest BCUT2D eigenvalue weighted by atomic mass is 32.1. The molecule has 0 radical (unpaired) electrons. The maximum atomic E-state index is 12.3. The minimum Gasteiger partial charge on any atom is -0.484 e. The first-order valence-electron chi connectivity index (χ1n) is 10.2. The monoisotopic (exact) mass is 429 g/mol. The lowest BCUT2D eigenvalue weighted by molar-refractivity contribution is -0.118. The summed E-state index contributed by atoms with van der Waals surface area (Å²) in [7, 11) is 0.